The maximum atomic E-state index is 4.22. The minimum Gasteiger partial charge on any atom is -0.306 e. The first kappa shape index (κ1) is 11.8. The van der Waals surface area contributed by atoms with E-state index in [-0.39, 0.29) is 0 Å². The highest BCUT2D eigenvalue weighted by molar-refractivity contribution is 7.99. The topological polar surface area (TPSA) is 30.7 Å². The van der Waals surface area contributed by atoms with Crippen molar-refractivity contribution < 1.29 is 0 Å². The molecule has 1 heterocycles. The second kappa shape index (κ2) is 5.14. The van der Waals surface area contributed by atoms with Crippen LogP contribution in [0.15, 0.2) is 41.8 Å². The van der Waals surface area contributed by atoms with Crippen LogP contribution in [0.1, 0.15) is 37.3 Å². The van der Waals surface area contributed by atoms with Crippen LogP contribution in [-0.4, -0.2) is 20.5 Å². The van der Waals surface area contributed by atoms with Gasteiger partial charge >= 0.3 is 0 Å². The monoisotopic (exact) mass is 259 g/mol. The average Bonchev–Trinajstić information content (AvgIpc) is 3.16. The zero-order valence-electron chi connectivity index (χ0n) is 10.5. The number of benzene rings is 1. The lowest BCUT2D eigenvalue weighted by molar-refractivity contribution is 0.662. The third kappa shape index (κ3) is 2.58. The number of nitrogens with zero attached hydrogens (tertiary/aromatic N) is 3. The largest absolute Gasteiger partial charge is 0.306 e. The quantitative estimate of drug-likeness (QED) is 0.770. The summed E-state index contributed by atoms with van der Waals surface area (Å²) in [5, 5.41) is 9.31. The predicted octanol–water partition coefficient (Wildman–Crippen LogP) is 3.51. The van der Waals surface area contributed by atoms with Crippen LogP contribution < -0.4 is 0 Å². The van der Waals surface area contributed by atoms with E-state index in [0.29, 0.717) is 12.0 Å². The smallest absolute Gasteiger partial charge is 0.191 e. The summed E-state index contributed by atoms with van der Waals surface area (Å²) >= 11 is 1.81. The summed E-state index contributed by atoms with van der Waals surface area (Å²) in [6, 6.07) is 11.3. The molecule has 0 N–H and O–H groups in total. The van der Waals surface area contributed by atoms with Crippen LogP contribution in [0.4, 0.5) is 0 Å². The summed E-state index contributed by atoms with van der Waals surface area (Å²) in [7, 11) is 0. The van der Waals surface area contributed by atoms with Crippen molar-refractivity contribution in [3.63, 3.8) is 0 Å². The molecule has 1 aromatic carbocycles. The maximum absolute atomic E-state index is 4.22. The first-order valence-corrected chi connectivity index (χ1v) is 7.40. The van der Waals surface area contributed by atoms with Crippen LogP contribution in [0, 0.1) is 0 Å². The van der Waals surface area contributed by atoms with Crippen molar-refractivity contribution in [1.82, 2.24) is 14.8 Å². The van der Waals surface area contributed by atoms with E-state index in [4.69, 9.17) is 0 Å². The Hall–Kier alpha value is -1.29. The van der Waals surface area contributed by atoms with Crippen molar-refractivity contribution in [2.75, 3.05) is 5.75 Å². The number of hydrogen-bond acceptors (Lipinski definition) is 3. The summed E-state index contributed by atoms with van der Waals surface area (Å²) in [5.41, 5.74) is 1.39. The zero-order chi connectivity index (χ0) is 12.4. The second-order valence-corrected chi connectivity index (χ2v) is 5.86. The normalized spacial score (nSPS) is 16.7. The van der Waals surface area contributed by atoms with Crippen LogP contribution in [0.3, 0.4) is 0 Å². The highest BCUT2D eigenvalue weighted by atomic mass is 32.2. The third-order valence-corrected chi connectivity index (χ3v) is 4.53. The zero-order valence-corrected chi connectivity index (χ0v) is 11.3. The molecule has 1 unspecified atom stereocenters. The molecule has 1 aliphatic rings. The Morgan fingerprint density at radius 1 is 1.33 bits per heavy atom. The molecule has 1 saturated carbocycles. The van der Waals surface area contributed by atoms with Gasteiger partial charge < -0.3 is 4.57 Å². The van der Waals surface area contributed by atoms with Crippen molar-refractivity contribution in [3.05, 3.63) is 42.2 Å². The van der Waals surface area contributed by atoms with E-state index in [1.54, 1.807) is 0 Å². The van der Waals surface area contributed by atoms with Crippen LogP contribution in [-0.2, 0) is 0 Å². The van der Waals surface area contributed by atoms with Gasteiger partial charge in [0.15, 0.2) is 5.16 Å². The SMILES string of the molecule is CC(CSc1nncn1C1CC1)c1ccccc1. The molecule has 1 atom stereocenters. The molecule has 4 heteroatoms. The highest BCUT2D eigenvalue weighted by Crippen LogP contribution is 2.37. The minimum atomic E-state index is 0.542. The van der Waals surface area contributed by atoms with Crippen molar-refractivity contribution in [1.29, 1.82) is 0 Å². The summed E-state index contributed by atoms with van der Waals surface area (Å²) in [5.74, 6) is 1.59. The number of hydrogen-bond donors (Lipinski definition) is 0. The molecule has 3 rings (SSSR count). The summed E-state index contributed by atoms with van der Waals surface area (Å²) in [4.78, 5) is 0. The van der Waals surface area contributed by atoms with Gasteiger partial charge in [0.25, 0.3) is 0 Å². The fourth-order valence-corrected chi connectivity index (χ4v) is 3.06. The molecule has 0 aliphatic heterocycles. The van der Waals surface area contributed by atoms with Gasteiger partial charge in [-0.3, -0.25) is 0 Å². The molecule has 94 valence electrons. The van der Waals surface area contributed by atoms with E-state index >= 15 is 0 Å². The molecule has 0 amide bonds. The standard InChI is InChI=1S/C14H17N3S/c1-11(12-5-3-2-4-6-12)9-18-14-16-15-10-17(14)13-7-8-13/h2-6,10-11,13H,7-9H2,1H3. The Balaban J connectivity index is 1.62. The molecule has 1 aromatic heterocycles. The van der Waals surface area contributed by atoms with Crippen LogP contribution in [0.2, 0.25) is 0 Å². The first-order chi connectivity index (χ1) is 8.84. The molecule has 18 heavy (non-hydrogen) atoms. The van der Waals surface area contributed by atoms with Gasteiger partial charge in [-0.1, -0.05) is 49.0 Å². The lowest BCUT2D eigenvalue weighted by Crippen LogP contribution is -2.00. The van der Waals surface area contributed by atoms with E-state index in [1.165, 1.54) is 18.4 Å². The number of rotatable bonds is 5. The molecular weight excluding hydrogens is 242 g/mol. The molecule has 1 aliphatic carbocycles. The fraction of sp³-hybridized carbons (Fsp3) is 0.429. The van der Waals surface area contributed by atoms with Gasteiger partial charge in [0.2, 0.25) is 0 Å². The van der Waals surface area contributed by atoms with E-state index in [9.17, 15) is 0 Å². The molecule has 3 nitrogen and oxygen atoms in total. The van der Waals surface area contributed by atoms with Gasteiger partial charge in [-0.2, -0.15) is 0 Å². The number of aromatic nitrogens is 3. The van der Waals surface area contributed by atoms with Crippen LogP contribution in [0.5, 0.6) is 0 Å². The molecule has 0 bridgehead atoms. The first-order valence-electron chi connectivity index (χ1n) is 6.42. The molecule has 0 saturated heterocycles. The lowest BCUT2D eigenvalue weighted by atomic mass is 10.0. The molecule has 1 fully saturated rings. The van der Waals surface area contributed by atoms with Crippen molar-refractivity contribution in [2.24, 2.45) is 0 Å². The fourth-order valence-electron chi connectivity index (χ4n) is 2.02. The second-order valence-electron chi connectivity index (χ2n) is 4.87. The summed E-state index contributed by atoms with van der Waals surface area (Å²) in [6.45, 7) is 2.26. The molecule has 0 spiro atoms. The Morgan fingerprint density at radius 3 is 2.83 bits per heavy atom. The Bertz CT molecular complexity index is 505. The third-order valence-electron chi connectivity index (χ3n) is 3.31. The van der Waals surface area contributed by atoms with Crippen LogP contribution in [0.25, 0.3) is 0 Å². The maximum Gasteiger partial charge on any atom is 0.191 e. The van der Waals surface area contributed by atoms with Gasteiger partial charge in [0, 0.05) is 11.8 Å². The summed E-state index contributed by atoms with van der Waals surface area (Å²) in [6.07, 6.45) is 4.42. The summed E-state index contributed by atoms with van der Waals surface area (Å²) < 4.78 is 2.22. The average molecular weight is 259 g/mol. The van der Waals surface area contributed by atoms with E-state index in [1.807, 2.05) is 18.1 Å². The van der Waals surface area contributed by atoms with Gasteiger partial charge in [-0.25, -0.2) is 0 Å². The van der Waals surface area contributed by atoms with E-state index in [0.717, 1.165) is 10.9 Å². The van der Waals surface area contributed by atoms with Gasteiger partial charge in [0.1, 0.15) is 6.33 Å². The van der Waals surface area contributed by atoms with Gasteiger partial charge in [-0.05, 0) is 24.3 Å². The molecule has 0 radical (unpaired) electrons. The molecule has 2 aromatic rings. The minimum absolute atomic E-state index is 0.542. The van der Waals surface area contributed by atoms with Gasteiger partial charge in [-0.15, -0.1) is 10.2 Å². The van der Waals surface area contributed by atoms with Gasteiger partial charge in [0.05, 0.1) is 0 Å². The molecular formula is C14H17N3S. The Kier molecular flexibility index (Phi) is 3.37. The van der Waals surface area contributed by atoms with E-state index in [2.05, 4.69) is 52.0 Å². The number of thioether (sulfide) groups is 1. The Morgan fingerprint density at radius 2 is 2.11 bits per heavy atom. The van der Waals surface area contributed by atoms with Crippen molar-refractivity contribution in [3.8, 4) is 0 Å². The van der Waals surface area contributed by atoms with E-state index < -0.39 is 0 Å². The lowest BCUT2D eigenvalue weighted by Gasteiger charge is -2.11. The Labute approximate surface area is 112 Å². The van der Waals surface area contributed by atoms with Crippen LogP contribution >= 0.6 is 11.8 Å². The van der Waals surface area contributed by atoms with Crippen molar-refractivity contribution in [2.45, 2.75) is 36.9 Å². The predicted molar refractivity (Wildman–Crippen MR) is 73.9 cm³/mol. The van der Waals surface area contributed by atoms with Crippen molar-refractivity contribution >= 4 is 11.8 Å². The highest BCUT2D eigenvalue weighted by Gasteiger charge is 2.26.